The van der Waals surface area contributed by atoms with Gasteiger partial charge < -0.3 is 9.72 Å². The van der Waals surface area contributed by atoms with Gasteiger partial charge >= 0.3 is 0 Å². The molecule has 0 saturated carbocycles. The quantitative estimate of drug-likeness (QED) is 0.398. The van der Waals surface area contributed by atoms with E-state index in [-0.39, 0.29) is 18.0 Å². The van der Waals surface area contributed by atoms with Crippen LogP contribution in [-0.4, -0.2) is 22.9 Å². The highest BCUT2D eigenvalue weighted by Gasteiger charge is 2.12. The van der Waals surface area contributed by atoms with Crippen molar-refractivity contribution in [2.24, 2.45) is 0 Å². The van der Waals surface area contributed by atoms with E-state index in [2.05, 4.69) is 9.97 Å². The van der Waals surface area contributed by atoms with E-state index in [0.717, 1.165) is 39.0 Å². The van der Waals surface area contributed by atoms with Crippen LogP contribution in [0.5, 0.6) is 5.75 Å². The van der Waals surface area contributed by atoms with E-state index in [0.29, 0.717) is 11.1 Å². The Bertz CT molecular complexity index is 1300. The highest BCUT2D eigenvalue weighted by atomic mass is 19.1. The van der Waals surface area contributed by atoms with Crippen molar-refractivity contribution in [3.63, 3.8) is 0 Å². The molecular formula is C26H23FN2O2. The number of nitrogens with zero attached hydrogens (tertiary/aromatic N) is 1. The fraction of sp³-hybridized carbons (Fsp3) is 0.154. The van der Waals surface area contributed by atoms with Crippen LogP contribution in [0.15, 0.2) is 54.9 Å². The van der Waals surface area contributed by atoms with Crippen molar-refractivity contribution in [3.8, 4) is 5.75 Å². The molecule has 31 heavy (non-hydrogen) atoms. The van der Waals surface area contributed by atoms with Crippen molar-refractivity contribution in [2.45, 2.75) is 20.3 Å². The Morgan fingerprint density at radius 1 is 1.10 bits per heavy atom. The Kier molecular flexibility index (Phi) is 5.67. The zero-order valence-corrected chi connectivity index (χ0v) is 17.7. The van der Waals surface area contributed by atoms with E-state index in [1.54, 1.807) is 31.5 Å². The number of H-pyrrole nitrogens is 1. The lowest BCUT2D eigenvalue weighted by atomic mass is 9.97. The maximum atomic E-state index is 14.1. The summed E-state index contributed by atoms with van der Waals surface area (Å²) >= 11 is 0. The van der Waals surface area contributed by atoms with E-state index in [1.165, 1.54) is 6.07 Å². The third-order valence-corrected chi connectivity index (χ3v) is 5.36. The number of ether oxygens (including phenoxy) is 1. The maximum absolute atomic E-state index is 14.1. The number of rotatable bonds is 6. The van der Waals surface area contributed by atoms with Gasteiger partial charge in [0.25, 0.3) is 0 Å². The summed E-state index contributed by atoms with van der Waals surface area (Å²) in [4.78, 5) is 20.3. The van der Waals surface area contributed by atoms with Gasteiger partial charge in [-0.3, -0.25) is 4.79 Å². The number of aromatic amines is 1. The van der Waals surface area contributed by atoms with Gasteiger partial charge in [0.2, 0.25) is 0 Å². The average Bonchev–Trinajstić information content (AvgIpc) is 3.24. The molecule has 4 rings (SSSR count). The number of carbonyl (C=O) groups is 1. The number of aromatic nitrogens is 2. The monoisotopic (exact) mass is 414 g/mol. The summed E-state index contributed by atoms with van der Waals surface area (Å²) in [5.74, 6) is 0.264. The summed E-state index contributed by atoms with van der Waals surface area (Å²) in [5.41, 5.74) is 5.44. The van der Waals surface area contributed by atoms with E-state index in [4.69, 9.17) is 4.74 Å². The summed E-state index contributed by atoms with van der Waals surface area (Å²) in [6.45, 7) is 3.87. The molecule has 0 saturated heterocycles. The highest BCUT2D eigenvalue weighted by Crippen LogP contribution is 2.29. The summed E-state index contributed by atoms with van der Waals surface area (Å²) in [6, 6.07) is 12.3. The Labute approximate surface area is 180 Å². The van der Waals surface area contributed by atoms with Crippen molar-refractivity contribution >= 4 is 29.0 Å². The van der Waals surface area contributed by atoms with Crippen LogP contribution in [0.2, 0.25) is 0 Å². The van der Waals surface area contributed by atoms with Crippen molar-refractivity contribution in [1.29, 1.82) is 0 Å². The SMILES string of the molecule is COc1c(/C=C/c2cc(C(=O)Cc3cc(C)ccc3F)ccc2C)cnc2[nH]ccc12. The molecule has 0 spiro atoms. The minimum atomic E-state index is -0.356. The first-order valence-corrected chi connectivity index (χ1v) is 10.0. The molecule has 2 aromatic heterocycles. The van der Waals surface area contributed by atoms with Gasteiger partial charge in [0, 0.05) is 29.9 Å². The number of ketones is 1. The van der Waals surface area contributed by atoms with Crippen molar-refractivity contribution < 1.29 is 13.9 Å². The number of benzene rings is 2. The van der Waals surface area contributed by atoms with Crippen LogP contribution in [0, 0.1) is 19.7 Å². The molecule has 4 aromatic rings. The van der Waals surface area contributed by atoms with Gasteiger partial charge in [0.05, 0.1) is 12.5 Å². The number of Topliss-reactive ketones (excluding diaryl/α,β-unsaturated/α-hetero) is 1. The second kappa shape index (κ2) is 8.56. The number of hydrogen-bond acceptors (Lipinski definition) is 3. The van der Waals surface area contributed by atoms with Gasteiger partial charge in [-0.2, -0.15) is 0 Å². The number of fused-ring (bicyclic) bond motifs is 1. The van der Waals surface area contributed by atoms with Crippen LogP contribution < -0.4 is 4.74 Å². The molecule has 0 fully saturated rings. The van der Waals surface area contributed by atoms with E-state index >= 15 is 0 Å². The number of aryl methyl sites for hydroxylation is 2. The molecule has 2 heterocycles. The molecule has 0 aliphatic rings. The fourth-order valence-corrected chi connectivity index (χ4v) is 3.63. The third kappa shape index (κ3) is 4.26. The molecule has 0 aliphatic heterocycles. The van der Waals surface area contributed by atoms with E-state index in [9.17, 15) is 9.18 Å². The zero-order chi connectivity index (χ0) is 22.0. The number of methoxy groups -OCH3 is 1. The second-order valence-electron chi connectivity index (χ2n) is 7.59. The number of carbonyl (C=O) groups excluding carboxylic acids is 1. The fourth-order valence-electron chi connectivity index (χ4n) is 3.63. The van der Waals surface area contributed by atoms with Gasteiger partial charge in [-0.15, -0.1) is 0 Å². The summed E-state index contributed by atoms with van der Waals surface area (Å²) in [6.07, 6.45) is 7.47. The van der Waals surface area contributed by atoms with Gasteiger partial charge in [-0.05, 0) is 54.8 Å². The molecule has 0 atom stereocenters. The molecule has 0 unspecified atom stereocenters. The second-order valence-corrected chi connectivity index (χ2v) is 7.59. The van der Waals surface area contributed by atoms with Gasteiger partial charge in [-0.25, -0.2) is 9.37 Å². The summed E-state index contributed by atoms with van der Waals surface area (Å²) < 4.78 is 19.7. The number of halogens is 1. The van der Waals surface area contributed by atoms with Gasteiger partial charge in [0.15, 0.2) is 5.78 Å². The first kappa shape index (κ1) is 20.5. The van der Waals surface area contributed by atoms with Crippen LogP contribution in [-0.2, 0) is 6.42 Å². The zero-order valence-electron chi connectivity index (χ0n) is 17.7. The lowest BCUT2D eigenvalue weighted by molar-refractivity contribution is 0.0992. The molecule has 0 amide bonds. The molecule has 0 bridgehead atoms. The van der Waals surface area contributed by atoms with Crippen LogP contribution >= 0.6 is 0 Å². The average molecular weight is 414 g/mol. The van der Waals surface area contributed by atoms with Crippen molar-refractivity contribution in [2.75, 3.05) is 7.11 Å². The molecule has 0 radical (unpaired) electrons. The van der Waals surface area contributed by atoms with Gasteiger partial charge in [-0.1, -0.05) is 35.9 Å². The van der Waals surface area contributed by atoms with Crippen LogP contribution in [0.4, 0.5) is 4.39 Å². The standard InChI is InChI=1S/C26H23FN2O2/c1-16-4-9-23(27)21(12-16)14-24(30)19-6-5-17(2)18(13-19)7-8-20-15-29-26-22(10-11-28-26)25(20)31-3/h4-13,15H,14H2,1-3H3,(H,28,29)/b8-7+. The molecular weight excluding hydrogens is 391 g/mol. The summed E-state index contributed by atoms with van der Waals surface area (Å²) in [7, 11) is 1.63. The lowest BCUT2D eigenvalue weighted by Gasteiger charge is -2.08. The first-order chi connectivity index (χ1) is 15.0. The minimum absolute atomic E-state index is 0.0294. The molecule has 4 nitrogen and oxygen atoms in total. The Morgan fingerprint density at radius 2 is 1.90 bits per heavy atom. The van der Waals surface area contributed by atoms with Crippen LogP contribution in [0.1, 0.15) is 38.2 Å². The first-order valence-electron chi connectivity index (χ1n) is 10.0. The van der Waals surface area contributed by atoms with Gasteiger partial charge in [0.1, 0.15) is 17.2 Å². The summed E-state index contributed by atoms with van der Waals surface area (Å²) in [5, 5.41) is 0.908. The maximum Gasteiger partial charge on any atom is 0.167 e. The Balaban J connectivity index is 1.62. The smallest absolute Gasteiger partial charge is 0.167 e. The Hall–Kier alpha value is -3.73. The topological polar surface area (TPSA) is 55.0 Å². The molecule has 156 valence electrons. The number of nitrogens with one attached hydrogen (secondary N) is 1. The third-order valence-electron chi connectivity index (χ3n) is 5.36. The molecule has 0 aliphatic carbocycles. The number of pyridine rings is 1. The highest BCUT2D eigenvalue weighted by molar-refractivity contribution is 5.98. The molecule has 1 N–H and O–H groups in total. The Morgan fingerprint density at radius 3 is 2.71 bits per heavy atom. The lowest BCUT2D eigenvalue weighted by Crippen LogP contribution is -2.06. The van der Waals surface area contributed by atoms with E-state index in [1.807, 2.05) is 50.4 Å². The molecule has 5 heteroatoms. The predicted molar refractivity (Wildman–Crippen MR) is 122 cm³/mol. The molecule has 2 aromatic carbocycles. The largest absolute Gasteiger partial charge is 0.495 e. The number of hydrogen-bond donors (Lipinski definition) is 1. The van der Waals surface area contributed by atoms with Crippen LogP contribution in [0.3, 0.4) is 0 Å². The van der Waals surface area contributed by atoms with Crippen LogP contribution in [0.25, 0.3) is 23.2 Å². The predicted octanol–water partition coefficient (Wildman–Crippen LogP) is 5.92. The minimum Gasteiger partial charge on any atom is -0.495 e. The van der Waals surface area contributed by atoms with Crippen molar-refractivity contribution in [1.82, 2.24) is 9.97 Å². The normalized spacial score (nSPS) is 11.4. The van der Waals surface area contributed by atoms with Crippen molar-refractivity contribution in [3.05, 3.63) is 94.1 Å². The van der Waals surface area contributed by atoms with E-state index < -0.39 is 0 Å².